The summed E-state index contributed by atoms with van der Waals surface area (Å²) in [7, 11) is 0. The van der Waals surface area contributed by atoms with Gasteiger partial charge in [-0.1, -0.05) is 38.5 Å². The van der Waals surface area contributed by atoms with Crippen LogP contribution in [0.15, 0.2) is 24.3 Å². The van der Waals surface area contributed by atoms with Crippen molar-refractivity contribution in [2.75, 3.05) is 6.54 Å². The predicted octanol–water partition coefficient (Wildman–Crippen LogP) is 3.30. The Hall–Kier alpha value is -0.376. The van der Waals surface area contributed by atoms with Crippen LogP contribution in [0.5, 0.6) is 11.5 Å². The Morgan fingerprint density at radius 1 is 1.36 bits per heavy atom. The van der Waals surface area contributed by atoms with E-state index in [1.165, 1.54) is 11.1 Å². The summed E-state index contributed by atoms with van der Waals surface area (Å²) in [6, 6.07) is 4.21. The van der Waals surface area contributed by atoms with Gasteiger partial charge in [-0.3, -0.25) is 0 Å². The van der Waals surface area contributed by atoms with Gasteiger partial charge in [-0.25, -0.2) is 0 Å². The van der Waals surface area contributed by atoms with Gasteiger partial charge in [0.15, 0.2) is 11.5 Å². The molecule has 5 unspecified atom stereocenters. The maximum absolute atomic E-state index is 10.3. The summed E-state index contributed by atoms with van der Waals surface area (Å²) in [4.78, 5) is 0. The number of ether oxygens (including phenoxy) is 1. The summed E-state index contributed by atoms with van der Waals surface area (Å²) in [5.41, 5.74) is 2.64. The number of phenolic OH excluding ortho intramolecular Hbond substituents is 1. The third kappa shape index (κ3) is 1.45. The molecule has 1 radical (unpaired) electrons. The van der Waals surface area contributed by atoms with Crippen molar-refractivity contribution < 1.29 is 42.6 Å². The van der Waals surface area contributed by atoms with Crippen LogP contribution in [0.3, 0.4) is 0 Å². The van der Waals surface area contributed by atoms with E-state index in [4.69, 9.17) is 10.1 Å². The first-order valence-corrected chi connectivity index (χ1v) is 7.96. The Morgan fingerprint density at radius 2 is 2.18 bits per heavy atom. The zero-order valence-electron chi connectivity index (χ0n) is 13.0. The maximum Gasteiger partial charge on any atom is 0.165 e. The number of aromatic hydroxyl groups is 1. The average molecular weight is 371 g/mol. The van der Waals surface area contributed by atoms with Crippen molar-refractivity contribution in [1.29, 1.82) is 0 Å². The van der Waals surface area contributed by atoms with Crippen LogP contribution in [-0.4, -0.2) is 23.8 Å². The SMILES string of the molecule is CC1C=CC2(C)C3Cc4ccc(O)c5c4C2(CC[N-]3)C1O5.[Y]. The van der Waals surface area contributed by atoms with Gasteiger partial charge in [0.25, 0.3) is 0 Å². The standard InChI is InChI=1S/C18H20NO2.Y/c1-10-5-6-17(2)13-9-11-3-4-12(20)15-14(11)18(17,7-8-19-13)16(10)21-15;/h3-6,10,13,16,20H,7-9H2,1-2H3;/q-1;. The fourth-order valence-electron chi connectivity index (χ4n) is 5.51. The Bertz CT molecular complexity index is 688. The van der Waals surface area contributed by atoms with Gasteiger partial charge < -0.3 is 15.2 Å². The van der Waals surface area contributed by atoms with Crippen LogP contribution in [0.1, 0.15) is 31.4 Å². The number of hydrogen-bond donors (Lipinski definition) is 1. The van der Waals surface area contributed by atoms with Crippen LogP contribution in [-0.2, 0) is 44.5 Å². The summed E-state index contributed by atoms with van der Waals surface area (Å²) < 4.78 is 6.34. The van der Waals surface area contributed by atoms with E-state index >= 15 is 0 Å². The Kier molecular flexibility index (Phi) is 3.16. The second-order valence-electron chi connectivity index (χ2n) is 7.33. The summed E-state index contributed by atoms with van der Waals surface area (Å²) in [6.07, 6.45) is 6.82. The molecule has 0 aromatic heterocycles. The average Bonchev–Trinajstić information content (AvgIpc) is 2.80. The van der Waals surface area contributed by atoms with Gasteiger partial charge in [0, 0.05) is 49.6 Å². The first-order chi connectivity index (χ1) is 10.1. The number of hydrogen-bond acceptors (Lipinski definition) is 2. The smallest absolute Gasteiger partial charge is 0.165 e. The van der Waals surface area contributed by atoms with Crippen molar-refractivity contribution >= 4 is 0 Å². The molecule has 1 aromatic carbocycles. The van der Waals surface area contributed by atoms with E-state index < -0.39 is 0 Å². The van der Waals surface area contributed by atoms with Gasteiger partial charge in [-0.2, -0.15) is 0 Å². The topological polar surface area (TPSA) is 43.6 Å². The van der Waals surface area contributed by atoms with Gasteiger partial charge in [0.2, 0.25) is 0 Å². The molecule has 5 rings (SSSR count). The molecule has 5 atom stereocenters. The predicted molar refractivity (Wildman–Crippen MR) is 80.9 cm³/mol. The molecule has 1 aromatic rings. The zero-order valence-corrected chi connectivity index (χ0v) is 15.9. The Balaban J connectivity index is 0.00000125. The number of nitrogens with zero attached hydrogens (tertiary/aromatic N) is 1. The minimum absolute atomic E-state index is 0. The second kappa shape index (κ2) is 4.58. The van der Waals surface area contributed by atoms with Crippen LogP contribution in [0, 0.1) is 11.3 Å². The Labute approximate surface area is 156 Å². The molecule has 2 bridgehead atoms. The van der Waals surface area contributed by atoms with Crippen molar-refractivity contribution in [3.05, 3.63) is 40.7 Å². The molecule has 1 fully saturated rings. The summed E-state index contributed by atoms with van der Waals surface area (Å²) >= 11 is 0. The molecule has 0 amide bonds. The summed E-state index contributed by atoms with van der Waals surface area (Å²) in [5.74, 6) is 1.42. The van der Waals surface area contributed by atoms with E-state index in [9.17, 15) is 5.11 Å². The zero-order chi connectivity index (χ0) is 14.4. The molecule has 3 nitrogen and oxygen atoms in total. The minimum Gasteiger partial charge on any atom is -0.658 e. The van der Waals surface area contributed by atoms with Crippen molar-refractivity contribution in [3.8, 4) is 11.5 Å². The van der Waals surface area contributed by atoms with Crippen LogP contribution < -0.4 is 4.74 Å². The van der Waals surface area contributed by atoms with E-state index in [2.05, 4.69) is 32.1 Å². The van der Waals surface area contributed by atoms with Gasteiger partial charge >= 0.3 is 0 Å². The van der Waals surface area contributed by atoms with Crippen LogP contribution in [0.2, 0.25) is 0 Å². The van der Waals surface area contributed by atoms with Gasteiger partial charge in [0.1, 0.15) is 6.10 Å². The number of piperidine rings is 1. The fraction of sp³-hybridized carbons (Fsp3) is 0.556. The van der Waals surface area contributed by atoms with Crippen molar-refractivity contribution in [3.63, 3.8) is 0 Å². The fourth-order valence-corrected chi connectivity index (χ4v) is 5.51. The van der Waals surface area contributed by atoms with E-state index in [0.717, 1.165) is 25.1 Å². The summed E-state index contributed by atoms with van der Waals surface area (Å²) in [5, 5.41) is 15.2. The van der Waals surface area contributed by atoms with Crippen molar-refractivity contribution in [2.24, 2.45) is 11.3 Å². The van der Waals surface area contributed by atoms with E-state index in [-0.39, 0.29) is 49.6 Å². The molecular weight excluding hydrogens is 351 g/mol. The molecule has 1 spiro atoms. The Morgan fingerprint density at radius 3 is 3.00 bits per heavy atom. The molecule has 1 saturated heterocycles. The molecule has 4 heteroatoms. The van der Waals surface area contributed by atoms with Gasteiger partial charge in [-0.15, -0.1) is 12.6 Å². The second-order valence-corrected chi connectivity index (χ2v) is 7.33. The van der Waals surface area contributed by atoms with E-state index in [1.807, 2.05) is 0 Å². The third-order valence-electron chi connectivity index (χ3n) is 6.55. The van der Waals surface area contributed by atoms with Gasteiger partial charge in [0.05, 0.1) is 0 Å². The quantitative estimate of drug-likeness (QED) is 0.712. The molecule has 2 aliphatic carbocycles. The van der Waals surface area contributed by atoms with Crippen LogP contribution in [0.25, 0.3) is 5.32 Å². The molecule has 2 heterocycles. The summed E-state index contributed by atoms with van der Waals surface area (Å²) in [6.45, 7) is 5.49. The van der Waals surface area contributed by atoms with Crippen molar-refractivity contribution in [1.82, 2.24) is 0 Å². The van der Waals surface area contributed by atoms with Crippen LogP contribution >= 0.6 is 0 Å². The largest absolute Gasteiger partial charge is 0.658 e. The minimum atomic E-state index is -0.00472. The van der Waals surface area contributed by atoms with E-state index in [0.29, 0.717) is 17.7 Å². The van der Waals surface area contributed by atoms with Crippen LogP contribution in [0.4, 0.5) is 0 Å². The number of rotatable bonds is 0. The molecule has 22 heavy (non-hydrogen) atoms. The first-order valence-electron chi connectivity index (χ1n) is 7.96. The number of phenols is 1. The molecule has 113 valence electrons. The third-order valence-corrected chi connectivity index (χ3v) is 6.55. The van der Waals surface area contributed by atoms with Crippen molar-refractivity contribution in [2.45, 2.75) is 44.2 Å². The molecule has 4 aliphatic rings. The molecular formula is C18H20NO2Y-. The molecule has 1 N–H and O–H groups in total. The monoisotopic (exact) mass is 371 g/mol. The maximum atomic E-state index is 10.3. The molecule has 2 aliphatic heterocycles. The first kappa shape index (κ1) is 15.2. The normalized spacial score (nSPS) is 43.1. The van der Waals surface area contributed by atoms with Gasteiger partial charge in [-0.05, 0) is 23.5 Å². The molecule has 0 saturated carbocycles. The number of benzene rings is 1. The van der Waals surface area contributed by atoms with E-state index in [1.54, 1.807) is 6.07 Å².